The third-order valence-electron chi connectivity index (χ3n) is 2.94. The maximum absolute atomic E-state index is 12.7. The molecule has 0 fully saturated rings. The Labute approximate surface area is 128 Å². The largest absolute Gasteiger partial charge is 0.392 e. The molecule has 0 spiro atoms. The summed E-state index contributed by atoms with van der Waals surface area (Å²) in [5, 5.41) is 14.4. The van der Waals surface area contributed by atoms with Crippen LogP contribution in [0, 0.1) is 0 Å². The minimum atomic E-state index is -3.73. The number of rotatable bonds is 7. The fourth-order valence-electron chi connectivity index (χ4n) is 1.99. The molecule has 0 saturated carbocycles. The standard InChI is InChI=1S/C12H20N4O3S2/c1-4-5-13-10-11(16-6-7-20-12(16)14-10)21(18,19)15(3)8-9(2)17/h6-7,9,13,17H,4-5,8H2,1-3H3. The van der Waals surface area contributed by atoms with Gasteiger partial charge in [-0.3, -0.25) is 4.40 Å². The minimum absolute atomic E-state index is 0.0346. The molecule has 2 rings (SSSR count). The van der Waals surface area contributed by atoms with Crippen molar-refractivity contribution < 1.29 is 13.5 Å². The van der Waals surface area contributed by atoms with Gasteiger partial charge in [-0.05, 0) is 13.3 Å². The molecule has 0 aliphatic heterocycles. The lowest BCUT2D eigenvalue weighted by Gasteiger charge is -2.19. The topological polar surface area (TPSA) is 86.9 Å². The first kappa shape index (κ1) is 16.2. The lowest BCUT2D eigenvalue weighted by atomic mass is 10.4. The zero-order chi connectivity index (χ0) is 15.6. The molecule has 0 radical (unpaired) electrons. The molecule has 0 aliphatic rings. The Morgan fingerprint density at radius 3 is 2.90 bits per heavy atom. The van der Waals surface area contributed by atoms with E-state index in [2.05, 4.69) is 10.3 Å². The predicted octanol–water partition coefficient (Wildman–Crippen LogP) is 1.22. The third kappa shape index (κ3) is 3.20. The highest BCUT2D eigenvalue weighted by Gasteiger charge is 2.30. The van der Waals surface area contributed by atoms with Gasteiger partial charge in [0.25, 0.3) is 10.0 Å². The molecule has 2 N–H and O–H groups in total. The van der Waals surface area contributed by atoms with Gasteiger partial charge in [0.05, 0.1) is 6.10 Å². The van der Waals surface area contributed by atoms with Crippen molar-refractivity contribution >= 4 is 32.1 Å². The van der Waals surface area contributed by atoms with Gasteiger partial charge in [0.15, 0.2) is 15.8 Å². The summed E-state index contributed by atoms with van der Waals surface area (Å²) in [6.07, 6.45) is 1.82. The van der Waals surface area contributed by atoms with E-state index in [4.69, 9.17) is 0 Å². The number of anilines is 1. The number of nitrogens with zero attached hydrogens (tertiary/aromatic N) is 3. The van der Waals surface area contributed by atoms with E-state index in [1.165, 1.54) is 18.4 Å². The Morgan fingerprint density at radius 2 is 2.29 bits per heavy atom. The van der Waals surface area contributed by atoms with Crippen LogP contribution in [-0.4, -0.2) is 53.5 Å². The summed E-state index contributed by atoms with van der Waals surface area (Å²) in [5.74, 6) is 0.362. The van der Waals surface area contributed by atoms with Gasteiger partial charge in [-0.25, -0.2) is 13.4 Å². The summed E-state index contributed by atoms with van der Waals surface area (Å²) >= 11 is 1.38. The van der Waals surface area contributed by atoms with Gasteiger partial charge in [-0.2, -0.15) is 4.31 Å². The zero-order valence-electron chi connectivity index (χ0n) is 12.3. The summed E-state index contributed by atoms with van der Waals surface area (Å²) in [5.41, 5.74) is 0. The molecule has 7 nitrogen and oxygen atoms in total. The van der Waals surface area contributed by atoms with E-state index in [-0.39, 0.29) is 11.6 Å². The molecule has 2 aromatic heterocycles. The number of nitrogens with one attached hydrogen (secondary N) is 1. The highest BCUT2D eigenvalue weighted by Crippen LogP contribution is 2.27. The Morgan fingerprint density at radius 1 is 1.57 bits per heavy atom. The van der Waals surface area contributed by atoms with Crippen molar-refractivity contribution in [2.24, 2.45) is 0 Å². The molecule has 2 heterocycles. The molecule has 1 unspecified atom stereocenters. The number of aromatic nitrogens is 2. The first-order valence-corrected chi connectivity index (χ1v) is 9.03. The average molecular weight is 332 g/mol. The van der Waals surface area contributed by atoms with Crippen molar-refractivity contribution in [3.63, 3.8) is 0 Å². The highest BCUT2D eigenvalue weighted by molar-refractivity contribution is 7.89. The van der Waals surface area contributed by atoms with E-state index >= 15 is 0 Å². The van der Waals surface area contributed by atoms with Crippen molar-refractivity contribution in [3.05, 3.63) is 11.6 Å². The zero-order valence-corrected chi connectivity index (χ0v) is 13.9. The molecule has 9 heteroatoms. The van der Waals surface area contributed by atoms with Crippen LogP contribution < -0.4 is 5.32 Å². The molecule has 0 aromatic carbocycles. The van der Waals surface area contributed by atoms with Crippen molar-refractivity contribution in [1.82, 2.24) is 13.7 Å². The number of aliphatic hydroxyl groups excluding tert-OH is 1. The SMILES string of the molecule is CCCNc1nc2sccn2c1S(=O)(=O)N(C)CC(C)O. The van der Waals surface area contributed by atoms with E-state index in [9.17, 15) is 13.5 Å². The van der Waals surface area contributed by atoms with Gasteiger partial charge in [0, 0.05) is 31.7 Å². The average Bonchev–Trinajstić information content (AvgIpc) is 2.94. The number of likely N-dealkylation sites (N-methyl/N-ethyl adjacent to an activating group) is 1. The fourth-order valence-corrected chi connectivity index (χ4v) is 4.22. The molecule has 0 aliphatic carbocycles. The van der Waals surface area contributed by atoms with E-state index in [0.717, 1.165) is 10.7 Å². The van der Waals surface area contributed by atoms with Crippen molar-refractivity contribution in [2.75, 3.05) is 25.5 Å². The summed E-state index contributed by atoms with van der Waals surface area (Å²) < 4.78 is 28.2. The van der Waals surface area contributed by atoms with E-state index in [0.29, 0.717) is 17.3 Å². The second-order valence-electron chi connectivity index (χ2n) is 4.88. The molecular weight excluding hydrogens is 312 g/mol. The molecule has 1 atom stereocenters. The lowest BCUT2D eigenvalue weighted by Crippen LogP contribution is -2.34. The smallest absolute Gasteiger partial charge is 0.262 e. The molecule has 21 heavy (non-hydrogen) atoms. The summed E-state index contributed by atoms with van der Waals surface area (Å²) in [7, 11) is -2.27. The summed E-state index contributed by atoms with van der Waals surface area (Å²) in [4.78, 5) is 4.96. The fraction of sp³-hybridized carbons (Fsp3) is 0.583. The van der Waals surface area contributed by atoms with Crippen molar-refractivity contribution in [3.8, 4) is 0 Å². The number of imidazole rings is 1. The number of sulfonamides is 1. The first-order valence-electron chi connectivity index (χ1n) is 6.71. The molecular formula is C12H20N4O3S2. The van der Waals surface area contributed by atoms with Gasteiger partial charge >= 0.3 is 0 Å². The molecule has 118 valence electrons. The number of thiazole rings is 1. The molecule has 2 aromatic rings. The second kappa shape index (κ2) is 6.30. The minimum Gasteiger partial charge on any atom is -0.392 e. The molecule has 0 saturated heterocycles. The Balaban J connectivity index is 2.49. The second-order valence-corrected chi connectivity index (χ2v) is 7.72. The van der Waals surface area contributed by atoms with Crippen LogP contribution in [0.15, 0.2) is 16.6 Å². The third-order valence-corrected chi connectivity index (χ3v) is 5.54. The Kier molecular flexibility index (Phi) is 4.87. The molecule has 0 amide bonds. The maximum Gasteiger partial charge on any atom is 0.262 e. The van der Waals surface area contributed by atoms with Crippen LogP contribution in [-0.2, 0) is 10.0 Å². The Hall–Kier alpha value is -1.16. The number of aliphatic hydroxyl groups is 1. The quantitative estimate of drug-likeness (QED) is 0.796. The van der Waals surface area contributed by atoms with Crippen molar-refractivity contribution in [1.29, 1.82) is 0 Å². The normalized spacial score (nSPS) is 14.0. The van der Waals surface area contributed by atoms with Crippen LogP contribution in [0.2, 0.25) is 0 Å². The van der Waals surface area contributed by atoms with Crippen LogP contribution in [0.3, 0.4) is 0 Å². The lowest BCUT2D eigenvalue weighted by molar-refractivity contribution is 0.171. The maximum atomic E-state index is 12.7. The number of fused-ring (bicyclic) bond motifs is 1. The van der Waals surface area contributed by atoms with Crippen molar-refractivity contribution in [2.45, 2.75) is 31.4 Å². The van der Waals surface area contributed by atoms with Gasteiger partial charge in [-0.1, -0.05) is 6.92 Å². The highest BCUT2D eigenvalue weighted by atomic mass is 32.2. The van der Waals surface area contributed by atoms with Gasteiger partial charge < -0.3 is 10.4 Å². The van der Waals surface area contributed by atoms with Gasteiger partial charge in [0.1, 0.15) is 0 Å². The van der Waals surface area contributed by atoms with E-state index in [1.54, 1.807) is 22.9 Å². The van der Waals surface area contributed by atoms with Crippen LogP contribution in [0.1, 0.15) is 20.3 Å². The number of hydrogen-bond donors (Lipinski definition) is 2. The van der Waals surface area contributed by atoms with Crippen LogP contribution in [0.25, 0.3) is 4.96 Å². The van der Waals surface area contributed by atoms with Gasteiger partial charge in [-0.15, -0.1) is 11.3 Å². The summed E-state index contributed by atoms with van der Waals surface area (Å²) in [6, 6.07) is 0. The Bertz CT molecular complexity index is 705. The van der Waals surface area contributed by atoms with Crippen LogP contribution >= 0.6 is 11.3 Å². The number of hydrogen-bond acceptors (Lipinski definition) is 6. The van der Waals surface area contributed by atoms with E-state index < -0.39 is 16.1 Å². The van der Waals surface area contributed by atoms with Gasteiger partial charge in [0.2, 0.25) is 0 Å². The van der Waals surface area contributed by atoms with Crippen LogP contribution in [0.5, 0.6) is 0 Å². The van der Waals surface area contributed by atoms with Crippen LogP contribution in [0.4, 0.5) is 5.82 Å². The predicted molar refractivity (Wildman–Crippen MR) is 83.3 cm³/mol. The monoisotopic (exact) mass is 332 g/mol. The summed E-state index contributed by atoms with van der Waals surface area (Å²) in [6.45, 7) is 4.23. The van der Waals surface area contributed by atoms with E-state index in [1.807, 2.05) is 6.92 Å². The molecule has 0 bridgehead atoms. The first-order chi connectivity index (χ1) is 9.87.